The first-order chi connectivity index (χ1) is 20.3. The van der Waals surface area contributed by atoms with Gasteiger partial charge >= 0.3 is 0 Å². The third-order valence-electron chi connectivity index (χ3n) is 6.42. The summed E-state index contributed by atoms with van der Waals surface area (Å²) in [5.41, 5.74) is 2.40. The average molecular weight is 817 g/mol. The van der Waals surface area contributed by atoms with Crippen LogP contribution in [0.4, 0.5) is 0 Å². The molecule has 0 fully saturated rings. The molecule has 0 saturated carbocycles. The van der Waals surface area contributed by atoms with Crippen LogP contribution in [0.2, 0.25) is 0 Å². The fraction of sp³-hybridized carbons (Fsp3) is 0.0645. The summed E-state index contributed by atoms with van der Waals surface area (Å²) in [6, 6.07) is 24.2. The van der Waals surface area contributed by atoms with Crippen molar-refractivity contribution in [1.29, 1.82) is 0 Å². The lowest BCUT2D eigenvalue weighted by Gasteiger charge is -2.15. The molecule has 0 N–H and O–H groups in total. The van der Waals surface area contributed by atoms with Crippen LogP contribution in [0.3, 0.4) is 0 Å². The Hall–Kier alpha value is -3.25. The molecule has 2 heterocycles. The van der Waals surface area contributed by atoms with Crippen molar-refractivity contribution < 1.29 is 13.9 Å². The quantitative estimate of drug-likeness (QED) is 0.150. The van der Waals surface area contributed by atoms with Gasteiger partial charge in [0.25, 0.3) is 5.56 Å². The molecule has 42 heavy (non-hydrogen) atoms. The first kappa shape index (κ1) is 28.9. The van der Waals surface area contributed by atoms with E-state index in [1.165, 1.54) is 4.68 Å². The van der Waals surface area contributed by atoms with Crippen LogP contribution in [0.25, 0.3) is 33.5 Å². The van der Waals surface area contributed by atoms with E-state index in [-0.39, 0.29) is 18.0 Å². The Labute approximate surface area is 273 Å². The van der Waals surface area contributed by atoms with Crippen LogP contribution >= 0.6 is 63.7 Å². The molecule has 0 atom stereocenters. The number of rotatable bonds is 7. The van der Waals surface area contributed by atoms with Gasteiger partial charge in [-0.15, -0.1) is 0 Å². The van der Waals surface area contributed by atoms with Crippen molar-refractivity contribution in [2.24, 2.45) is 5.10 Å². The highest BCUT2D eigenvalue weighted by atomic mass is 79.9. The average Bonchev–Trinajstić information content (AvgIpc) is 3.39. The number of halogens is 4. The number of fused-ring (bicyclic) bond motifs is 2. The third-order valence-corrected chi connectivity index (χ3v) is 8.60. The van der Waals surface area contributed by atoms with E-state index in [0.29, 0.717) is 39.3 Å². The summed E-state index contributed by atoms with van der Waals surface area (Å²) in [6.07, 6.45) is 1.56. The molecule has 6 aromatic rings. The standard InChI is InChI=1S/C31H19Br4N3O4/c1-40-27-14-22(34)11-19(29(27)41-16-17-6-7-21(33)13-24(17)35)15-36-38-30(37-25-5-3-2-4-23(25)31(38)39)28-12-18-10-20(32)8-9-26(18)42-28/h2-15H,16H2,1H3. The van der Waals surface area contributed by atoms with Crippen LogP contribution in [0.15, 0.2) is 111 Å². The molecule has 0 bridgehead atoms. The topological polar surface area (TPSA) is 78.9 Å². The summed E-state index contributed by atoms with van der Waals surface area (Å²) in [5, 5.41) is 5.92. The molecule has 0 radical (unpaired) electrons. The highest BCUT2D eigenvalue weighted by Gasteiger charge is 2.18. The Kier molecular flexibility index (Phi) is 8.35. The van der Waals surface area contributed by atoms with Crippen molar-refractivity contribution in [2.75, 3.05) is 7.11 Å². The van der Waals surface area contributed by atoms with Crippen LogP contribution in [0.1, 0.15) is 11.1 Å². The monoisotopic (exact) mass is 813 g/mol. The summed E-state index contributed by atoms with van der Waals surface area (Å²) in [5.74, 6) is 1.65. The summed E-state index contributed by atoms with van der Waals surface area (Å²) >= 11 is 14.1. The first-order valence-electron chi connectivity index (χ1n) is 12.5. The van der Waals surface area contributed by atoms with E-state index in [0.717, 1.165) is 28.8 Å². The molecule has 0 unspecified atom stereocenters. The molecule has 0 saturated heterocycles. The maximum Gasteiger partial charge on any atom is 0.282 e. The Morgan fingerprint density at radius 3 is 2.52 bits per heavy atom. The lowest BCUT2D eigenvalue weighted by Crippen LogP contribution is -2.20. The molecule has 6 rings (SSSR count). The van der Waals surface area contributed by atoms with Crippen molar-refractivity contribution in [3.05, 3.63) is 118 Å². The number of ether oxygens (including phenoxy) is 2. The predicted octanol–water partition coefficient (Wildman–Crippen LogP) is 9.33. The maximum atomic E-state index is 13.7. The second kappa shape index (κ2) is 12.2. The van der Waals surface area contributed by atoms with E-state index in [9.17, 15) is 4.79 Å². The van der Waals surface area contributed by atoms with Crippen LogP contribution in [0.5, 0.6) is 11.5 Å². The molecule has 210 valence electrons. The minimum Gasteiger partial charge on any atom is -0.493 e. The van der Waals surface area contributed by atoms with Crippen molar-refractivity contribution >= 4 is 91.8 Å². The smallest absolute Gasteiger partial charge is 0.282 e. The van der Waals surface area contributed by atoms with Gasteiger partial charge in [0.1, 0.15) is 12.2 Å². The van der Waals surface area contributed by atoms with Crippen molar-refractivity contribution in [3.63, 3.8) is 0 Å². The minimum atomic E-state index is -0.336. The SMILES string of the molecule is COc1cc(Br)cc(C=Nn2c(-c3cc4cc(Br)ccc4o3)nc3ccccc3c2=O)c1OCc1ccc(Br)cc1Br. The molecule has 0 aliphatic carbocycles. The number of benzene rings is 4. The van der Waals surface area contributed by atoms with Crippen LogP contribution < -0.4 is 15.0 Å². The van der Waals surface area contributed by atoms with Gasteiger partial charge in [0.15, 0.2) is 17.3 Å². The number of hydrogen-bond donors (Lipinski definition) is 0. The molecule has 0 aliphatic heterocycles. The minimum absolute atomic E-state index is 0.268. The van der Waals surface area contributed by atoms with Gasteiger partial charge in [-0.25, -0.2) is 4.98 Å². The van der Waals surface area contributed by atoms with E-state index in [1.54, 1.807) is 31.5 Å². The second-order valence-electron chi connectivity index (χ2n) is 9.16. The summed E-state index contributed by atoms with van der Waals surface area (Å²) in [7, 11) is 1.57. The summed E-state index contributed by atoms with van der Waals surface area (Å²) < 4.78 is 22.8. The molecule has 0 spiro atoms. The lowest BCUT2D eigenvalue weighted by atomic mass is 10.2. The fourth-order valence-electron chi connectivity index (χ4n) is 4.41. The van der Waals surface area contributed by atoms with E-state index >= 15 is 0 Å². The van der Waals surface area contributed by atoms with Crippen LogP contribution in [-0.4, -0.2) is 23.0 Å². The first-order valence-corrected chi connectivity index (χ1v) is 15.7. The Morgan fingerprint density at radius 1 is 0.929 bits per heavy atom. The summed E-state index contributed by atoms with van der Waals surface area (Å²) in [6.45, 7) is 0.268. The van der Waals surface area contributed by atoms with Crippen molar-refractivity contribution in [2.45, 2.75) is 6.61 Å². The van der Waals surface area contributed by atoms with E-state index in [4.69, 9.17) is 18.9 Å². The molecule has 0 aliphatic rings. The molecule has 2 aromatic heterocycles. The Balaban J connectivity index is 1.47. The second-order valence-corrected chi connectivity index (χ2v) is 12.8. The molecule has 11 heteroatoms. The molecule has 7 nitrogen and oxygen atoms in total. The lowest BCUT2D eigenvalue weighted by molar-refractivity contribution is 0.283. The van der Waals surface area contributed by atoms with Crippen molar-refractivity contribution in [3.8, 4) is 23.1 Å². The maximum absolute atomic E-state index is 13.7. The molecular formula is C31H19Br4N3O4. The highest BCUT2D eigenvalue weighted by Crippen LogP contribution is 2.36. The van der Waals surface area contributed by atoms with E-state index in [2.05, 4.69) is 68.8 Å². The van der Waals surface area contributed by atoms with Crippen LogP contribution in [-0.2, 0) is 6.61 Å². The zero-order valence-electron chi connectivity index (χ0n) is 21.8. The third kappa shape index (κ3) is 5.83. The van der Waals surface area contributed by atoms with Gasteiger partial charge in [-0.1, -0.05) is 81.9 Å². The number of nitrogens with zero attached hydrogens (tertiary/aromatic N) is 3. The predicted molar refractivity (Wildman–Crippen MR) is 179 cm³/mol. The molecule has 4 aromatic carbocycles. The van der Waals surface area contributed by atoms with Gasteiger partial charge < -0.3 is 13.9 Å². The number of aromatic nitrogens is 2. The zero-order chi connectivity index (χ0) is 29.4. The van der Waals surface area contributed by atoms with Crippen LogP contribution in [0, 0.1) is 0 Å². The largest absolute Gasteiger partial charge is 0.493 e. The highest BCUT2D eigenvalue weighted by molar-refractivity contribution is 9.11. The van der Waals surface area contributed by atoms with Gasteiger partial charge in [0.05, 0.1) is 24.2 Å². The van der Waals surface area contributed by atoms with Gasteiger partial charge in [-0.2, -0.15) is 9.78 Å². The molecule has 0 amide bonds. The van der Waals surface area contributed by atoms with Gasteiger partial charge in [-0.3, -0.25) is 4.79 Å². The fourth-order valence-corrected chi connectivity index (χ4v) is 6.41. The van der Waals surface area contributed by atoms with Gasteiger partial charge in [0.2, 0.25) is 5.82 Å². The number of para-hydroxylation sites is 1. The zero-order valence-corrected chi connectivity index (χ0v) is 28.1. The van der Waals surface area contributed by atoms with Crippen molar-refractivity contribution in [1.82, 2.24) is 9.66 Å². The normalized spacial score (nSPS) is 11.5. The van der Waals surface area contributed by atoms with E-state index in [1.807, 2.05) is 60.7 Å². The number of hydrogen-bond acceptors (Lipinski definition) is 6. The Morgan fingerprint density at radius 2 is 1.71 bits per heavy atom. The van der Waals surface area contributed by atoms with Gasteiger partial charge in [-0.05, 0) is 60.7 Å². The summed E-state index contributed by atoms with van der Waals surface area (Å²) in [4.78, 5) is 18.5. The number of methoxy groups -OCH3 is 1. The Bertz CT molecular complexity index is 2070. The van der Waals surface area contributed by atoms with Gasteiger partial charge in [0, 0.05) is 34.4 Å². The molecular weight excluding hydrogens is 798 g/mol. The number of furan rings is 1. The van der Waals surface area contributed by atoms with E-state index < -0.39 is 0 Å².